The van der Waals surface area contributed by atoms with Crippen LogP contribution in [0.25, 0.3) is 0 Å². The number of hydrogen-bond acceptors (Lipinski definition) is 4. The van der Waals surface area contributed by atoms with Crippen molar-refractivity contribution >= 4 is 24.8 Å². The lowest BCUT2D eigenvalue weighted by Crippen LogP contribution is -2.44. The molecule has 0 aromatic heterocycles. The highest BCUT2D eigenvalue weighted by Crippen LogP contribution is 2.35. The molecule has 19 heavy (non-hydrogen) atoms. The molecule has 6 heteroatoms. The monoisotopic (exact) mass is 306 g/mol. The molecule has 1 heterocycles. The van der Waals surface area contributed by atoms with Gasteiger partial charge in [-0.05, 0) is 6.07 Å². The van der Waals surface area contributed by atoms with Crippen molar-refractivity contribution < 1.29 is 10.2 Å². The Kier molecular flexibility index (Phi) is 7.87. The van der Waals surface area contributed by atoms with Gasteiger partial charge in [-0.15, -0.1) is 31.4 Å². The summed E-state index contributed by atoms with van der Waals surface area (Å²) in [5, 5.41) is 22.7. The lowest BCUT2D eigenvalue weighted by Gasteiger charge is -2.33. The molecule has 0 saturated carbocycles. The van der Waals surface area contributed by atoms with E-state index in [1.807, 2.05) is 6.07 Å². The van der Waals surface area contributed by atoms with Gasteiger partial charge in [-0.3, -0.25) is 4.90 Å². The van der Waals surface area contributed by atoms with Gasteiger partial charge in [0.15, 0.2) is 11.5 Å². The van der Waals surface area contributed by atoms with Crippen LogP contribution < -0.4 is 5.32 Å². The summed E-state index contributed by atoms with van der Waals surface area (Å²) in [7, 11) is 0. The molecule has 108 valence electrons. The van der Waals surface area contributed by atoms with Gasteiger partial charge < -0.3 is 15.5 Å². The maximum atomic E-state index is 9.89. The normalized spacial score (nSPS) is 16.8. The second-order valence-corrected chi connectivity index (χ2v) is 4.18. The van der Waals surface area contributed by atoms with Gasteiger partial charge in [-0.1, -0.05) is 18.2 Å². The van der Waals surface area contributed by atoms with E-state index in [1.54, 1.807) is 12.1 Å². The van der Waals surface area contributed by atoms with Gasteiger partial charge in [0.25, 0.3) is 0 Å². The highest BCUT2D eigenvalue weighted by molar-refractivity contribution is 5.85. The van der Waals surface area contributed by atoms with Crippen molar-refractivity contribution in [3.8, 4) is 11.5 Å². The Bertz CT molecular complexity index is 410. The van der Waals surface area contributed by atoms with Crippen LogP contribution in [0.3, 0.4) is 0 Å². The minimum atomic E-state index is -0.0792. The number of rotatable bonds is 3. The predicted octanol–water partition coefficient (Wildman–Crippen LogP) is 2.07. The fourth-order valence-electron chi connectivity index (χ4n) is 2.22. The summed E-state index contributed by atoms with van der Waals surface area (Å²) in [6.45, 7) is 7.51. The van der Waals surface area contributed by atoms with Crippen molar-refractivity contribution in [3.05, 3.63) is 36.4 Å². The molecule has 0 bridgehead atoms. The van der Waals surface area contributed by atoms with E-state index in [2.05, 4.69) is 16.8 Å². The number of hydrogen-bond donors (Lipinski definition) is 3. The van der Waals surface area contributed by atoms with E-state index < -0.39 is 0 Å². The van der Waals surface area contributed by atoms with Crippen LogP contribution in [0.2, 0.25) is 0 Å². The lowest BCUT2D eigenvalue weighted by molar-refractivity contribution is 0.200. The fraction of sp³-hybridized carbons (Fsp3) is 0.385. The molecule has 0 aliphatic carbocycles. The van der Waals surface area contributed by atoms with Crippen LogP contribution in [-0.4, -0.2) is 41.3 Å². The van der Waals surface area contributed by atoms with Crippen molar-refractivity contribution in [1.82, 2.24) is 10.2 Å². The molecule has 1 aliphatic heterocycles. The summed E-state index contributed by atoms with van der Waals surface area (Å²) in [4.78, 5) is 2.23. The van der Waals surface area contributed by atoms with Crippen molar-refractivity contribution in [2.75, 3.05) is 26.2 Å². The van der Waals surface area contributed by atoms with Crippen molar-refractivity contribution in [2.45, 2.75) is 6.04 Å². The van der Waals surface area contributed by atoms with Crippen LogP contribution in [0.15, 0.2) is 30.9 Å². The molecule has 1 aromatic carbocycles. The highest BCUT2D eigenvalue weighted by atomic mass is 35.5. The minimum Gasteiger partial charge on any atom is -0.504 e. The smallest absolute Gasteiger partial charge is 0.162 e. The van der Waals surface area contributed by atoms with E-state index in [-0.39, 0.29) is 42.4 Å². The zero-order valence-corrected chi connectivity index (χ0v) is 12.2. The van der Waals surface area contributed by atoms with Crippen LogP contribution in [0.4, 0.5) is 0 Å². The average Bonchev–Trinajstić information content (AvgIpc) is 2.37. The van der Waals surface area contributed by atoms with Gasteiger partial charge in [0.1, 0.15) is 0 Å². The van der Waals surface area contributed by atoms with E-state index >= 15 is 0 Å². The number of phenols is 2. The van der Waals surface area contributed by atoms with Crippen molar-refractivity contribution in [3.63, 3.8) is 0 Å². The number of benzene rings is 1. The number of halogens is 2. The van der Waals surface area contributed by atoms with Crippen molar-refractivity contribution in [1.29, 1.82) is 0 Å². The summed E-state index contributed by atoms with van der Waals surface area (Å²) in [6, 6.07) is 4.99. The third-order valence-electron chi connectivity index (χ3n) is 3.13. The second kappa shape index (κ2) is 8.27. The van der Waals surface area contributed by atoms with Gasteiger partial charge in [-0.25, -0.2) is 0 Å². The Hall–Kier alpha value is -0.940. The third-order valence-corrected chi connectivity index (χ3v) is 3.13. The third kappa shape index (κ3) is 4.01. The zero-order valence-electron chi connectivity index (χ0n) is 10.6. The van der Waals surface area contributed by atoms with Gasteiger partial charge in [-0.2, -0.15) is 0 Å². The maximum Gasteiger partial charge on any atom is 0.162 e. The number of nitrogens with zero attached hydrogens (tertiary/aromatic N) is 1. The first kappa shape index (κ1) is 18.1. The first-order chi connectivity index (χ1) is 8.24. The molecular weight excluding hydrogens is 287 g/mol. The van der Waals surface area contributed by atoms with E-state index in [9.17, 15) is 10.2 Å². The average molecular weight is 307 g/mol. The Balaban J connectivity index is 0.00000162. The number of aromatic hydroxyl groups is 2. The molecular formula is C13H20Cl2N2O2. The largest absolute Gasteiger partial charge is 0.504 e. The molecule has 0 spiro atoms. The van der Waals surface area contributed by atoms with E-state index in [0.29, 0.717) is 5.56 Å². The summed E-state index contributed by atoms with van der Waals surface area (Å²) >= 11 is 0. The standard InChI is InChI=1S/C13H18N2O2.2ClH/c1-2-11(15-8-6-14-7-9-15)10-4-3-5-12(16)13(10)17;;/h2-5,11,14,16-17H,1,6-9H2;2*1H/t11-;;/m0../s1. The number of nitrogens with one attached hydrogen (secondary N) is 1. The zero-order chi connectivity index (χ0) is 12.3. The molecule has 0 amide bonds. The Morgan fingerprint density at radius 1 is 1.21 bits per heavy atom. The number of phenolic OH excluding ortho intramolecular Hbond substituents is 2. The van der Waals surface area contributed by atoms with Gasteiger partial charge in [0.05, 0.1) is 6.04 Å². The lowest BCUT2D eigenvalue weighted by atomic mass is 10.0. The van der Waals surface area contributed by atoms with Gasteiger partial charge >= 0.3 is 0 Å². The Morgan fingerprint density at radius 3 is 2.42 bits per heavy atom. The summed E-state index contributed by atoms with van der Waals surface area (Å²) in [5.41, 5.74) is 0.710. The van der Waals surface area contributed by atoms with Gasteiger partial charge in [0.2, 0.25) is 0 Å². The van der Waals surface area contributed by atoms with Gasteiger partial charge in [0, 0.05) is 31.7 Å². The SMILES string of the molecule is C=C[C@@H](c1cccc(O)c1O)N1CCNCC1.Cl.Cl. The molecule has 0 radical (unpaired) electrons. The topological polar surface area (TPSA) is 55.7 Å². The Labute approximate surface area is 125 Å². The summed E-state index contributed by atoms with van der Waals surface area (Å²) in [5.74, 6) is -0.125. The molecule has 1 atom stereocenters. The first-order valence-electron chi connectivity index (χ1n) is 5.82. The minimum absolute atomic E-state index is 0. The second-order valence-electron chi connectivity index (χ2n) is 4.18. The number of piperazine rings is 1. The molecule has 4 nitrogen and oxygen atoms in total. The van der Waals surface area contributed by atoms with Crippen LogP contribution in [0.1, 0.15) is 11.6 Å². The van der Waals surface area contributed by atoms with Crippen LogP contribution >= 0.6 is 24.8 Å². The maximum absolute atomic E-state index is 9.89. The van der Waals surface area contributed by atoms with Crippen LogP contribution in [0, 0.1) is 0 Å². The number of para-hydroxylation sites is 1. The predicted molar refractivity (Wildman–Crippen MR) is 81.6 cm³/mol. The van der Waals surface area contributed by atoms with E-state index in [1.165, 1.54) is 6.07 Å². The summed E-state index contributed by atoms with van der Waals surface area (Å²) < 4.78 is 0. The summed E-state index contributed by atoms with van der Waals surface area (Å²) in [6.07, 6.45) is 1.81. The Morgan fingerprint density at radius 2 is 1.84 bits per heavy atom. The first-order valence-corrected chi connectivity index (χ1v) is 5.82. The molecule has 2 rings (SSSR count). The van der Waals surface area contributed by atoms with Crippen molar-refractivity contribution in [2.24, 2.45) is 0 Å². The van der Waals surface area contributed by atoms with Crippen LogP contribution in [-0.2, 0) is 0 Å². The fourth-order valence-corrected chi connectivity index (χ4v) is 2.22. The molecule has 1 fully saturated rings. The quantitative estimate of drug-likeness (QED) is 0.591. The van der Waals surface area contributed by atoms with E-state index in [4.69, 9.17) is 0 Å². The van der Waals surface area contributed by atoms with Crippen LogP contribution in [0.5, 0.6) is 11.5 Å². The molecule has 3 N–H and O–H groups in total. The van der Waals surface area contributed by atoms with E-state index in [0.717, 1.165) is 26.2 Å². The molecule has 1 aliphatic rings. The molecule has 1 aromatic rings. The molecule has 0 unspecified atom stereocenters. The highest BCUT2D eigenvalue weighted by Gasteiger charge is 2.22. The molecule has 1 saturated heterocycles.